The number of nitrogens with zero attached hydrogens (tertiary/aromatic N) is 5. The van der Waals surface area contributed by atoms with Gasteiger partial charge in [0.2, 0.25) is 5.95 Å². The minimum Gasteiger partial charge on any atom is -0.480 e. The van der Waals surface area contributed by atoms with Crippen molar-refractivity contribution in [2.75, 3.05) is 56.6 Å². The molecule has 2 N–H and O–H groups in total. The summed E-state index contributed by atoms with van der Waals surface area (Å²) in [6.45, 7) is 2.04. The molecule has 1 atom stereocenters. The Morgan fingerprint density at radius 3 is 2.68 bits per heavy atom. The SMILES string of the molecule is CN(C)c1nc2c(c(N3CCN(CC(=O)O)C[C@H](O)C3)n1)CCCC2. The van der Waals surface area contributed by atoms with Crippen LogP contribution in [0.1, 0.15) is 24.1 Å². The van der Waals surface area contributed by atoms with Crippen molar-refractivity contribution in [3.05, 3.63) is 11.3 Å². The Hall–Kier alpha value is -1.93. The van der Waals surface area contributed by atoms with Crippen molar-refractivity contribution < 1.29 is 15.0 Å². The van der Waals surface area contributed by atoms with E-state index in [9.17, 15) is 9.90 Å². The summed E-state index contributed by atoms with van der Waals surface area (Å²) >= 11 is 0. The molecule has 0 saturated carbocycles. The van der Waals surface area contributed by atoms with E-state index in [0.717, 1.165) is 37.2 Å². The summed E-state index contributed by atoms with van der Waals surface area (Å²) in [7, 11) is 3.86. The van der Waals surface area contributed by atoms with Gasteiger partial charge in [0.05, 0.1) is 18.3 Å². The number of aliphatic carboxylic acids is 1. The molecule has 3 rings (SSSR count). The van der Waals surface area contributed by atoms with E-state index < -0.39 is 12.1 Å². The van der Waals surface area contributed by atoms with E-state index in [-0.39, 0.29) is 6.54 Å². The Balaban J connectivity index is 1.89. The highest BCUT2D eigenvalue weighted by Gasteiger charge is 2.27. The van der Waals surface area contributed by atoms with Crippen LogP contribution in [0.25, 0.3) is 0 Å². The maximum Gasteiger partial charge on any atom is 0.317 e. The molecule has 0 amide bonds. The monoisotopic (exact) mass is 349 g/mol. The number of anilines is 2. The third-order valence-corrected chi connectivity index (χ3v) is 4.79. The van der Waals surface area contributed by atoms with Gasteiger partial charge in [0.1, 0.15) is 5.82 Å². The summed E-state index contributed by atoms with van der Waals surface area (Å²) in [6, 6.07) is 0. The highest BCUT2D eigenvalue weighted by molar-refractivity contribution is 5.69. The fourth-order valence-electron chi connectivity index (χ4n) is 3.61. The van der Waals surface area contributed by atoms with Crippen molar-refractivity contribution in [1.29, 1.82) is 0 Å². The molecule has 1 aromatic rings. The second-order valence-corrected chi connectivity index (χ2v) is 7.10. The topological polar surface area (TPSA) is 93.0 Å². The van der Waals surface area contributed by atoms with Crippen molar-refractivity contribution >= 4 is 17.7 Å². The Morgan fingerprint density at radius 2 is 1.96 bits per heavy atom. The first-order chi connectivity index (χ1) is 11.9. The fraction of sp³-hybridized carbons (Fsp3) is 0.706. The van der Waals surface area contributed by atoms with Crippen LogP contribution < -0.4 is 9.80 Å². The van der Waals surface area contributed by atoms with Crippen LogP contribution in [0.3, 0.4) is 0 Å². The second kappa shape index (κ2) is 7.53. The first-order valence-corrected chi connectivity index (χ1v) is 8.88. The zero-order valence-electron chi connectivity index (χ0n) is 15.0. The average Bonchev–Trinajstić information content (AvgIpc) is 2.74. The van der Waals surface area contributed by atoms with Gasteiger partial charge >= 0.3 is 5.97 Å². The normalized spacial score (nSPS) is 21.6. The van der Waals surface area contributed by atoms with E-state index in [1.54, 1.807) is 4.90 Å². The molecule has 1 aromatic heterocycles. The lowest BCUT2D eigenvalue weighted by atomic mass is 9.96. The van der Waals surface area contributed by atoms with Crippen LogP contribution in [0.4, 0.5) is 11.8 Å². The number of hydrogen-bond acceptors (Lipinski definition) is 7. The molecule has 8 heteroatoms. The van der Waals surface area contributed by atoms with Gasteiger partial charge in [-0.05, 0) is 25.7 Å². The minimum absolute atomic E-state index is 0.0459. The van der Waals surface area contributed by atoms with Gasteiger partial charge in [-0.15, -0.1) is 0 Å². The number of aliphatic hydroxyl groups is 1. The van der Waals surface area contributed by atoms with Gasteiger partial charge in [0, 0.05) is 45.8 Å². The summed E-state index contributed by atoms with van der Waals surface area (Å²) < 4.78 is 0. The van der Waals surface area contributed by atoms with Crippen LogP contribution >= 0.6 is 0 Å². The number of carbonyl (C=O) groups is 1. The Labute approximate surface area is 148 Å². The van der Waals surface area contributed by atoms with E-state index >= 15 is 0 Å². The molecule has 0 spiro atoms. The minimum atomic E-state index is -0.866. The van der Waals surface area contributed by atoms with Crippen LogP contribution in [0.15, 0.2) is 0 Å². The zero-order chi connectivity index (χ0) is 18.0. The fourth-order valence-corrected chi connectivity index (χ4v) is 3.61. The molecule has 2 aliphatic rings. The molecule has 1 saturated heterocycles. The van der Waals surface area contributed by atoms with Crippen molar-refractivity contribution in [3.8, 4) is 0 Å². The average molecular weight is 349 g/mol. The summed E-state index contributed by atoms with van der Waals surface area (Å²) in [5.74, 6) is 0.733. The van der Waals surface area contributed by atoms with Gasteiger partial charge in [-0.3, -0.25) is 9.69 Å². The Bertz CT molecular complexity index is 637. The second-order valence-electron chi connectivity index (χ2n) is 7.10. The number of aromatic nitrogens is 2. The molecule has 2 heterocycles. The number of aliphatic hydroxyl groups excluding tert-OH is 1. The third kappa shape index (κ3) is 4.19. The predicted octanol–water partition coefficient (Wildman–Crippen LogP) is -0.0111. The van der Waals surface area contributed by atoms with Crippen LogP contribution in [-0.2, 0) is 17.6 Å². The summed E-state index contributed by atoms with van der Waals surface area (Å²) in [5.41, 5.74) is 2.30. The van der Waals surface area contributed by atoms with Crippen LogP contribution in [0.2, 0.25) is 0 Å². The number of rotatable bonds is 4. The predicted molar refractivity (Wildman–Crippen MR) is 95.3 cm³/mol. The molecule has 1 aliphatic carbocycles. The van der Waals surface area contributed by atoms with Crippen molar-refractivity contribution in [2.45, 2.75) is 31.8 Å². The molecule has 138 valence electrons. The molecule has 8 nitrogen and oxygen atoms in total. The van der Waals surface area contributed by atoms with Crippen molar-refractivity contribution in [2.24, 2.45) is 0 Å². The molecular weight excluding hydrogens is 322 g/mol. The van der Waals surface area contributed by atoms with Crippen molar-refractivity contribution in [1.82, 2.24) is 14.9 Å². The first kappa shape index (κ1) is 17.9. The number of aryl methyl sites for hydroxylation is 1. The zero-order valence-corrected chi connectivity index (χ0v) is 15.0. The quantitative estimate of drug-likeness (QED) is 0.784. The smallest absolute Gasteiger partial charge is 0.317 e. The van der Waals surface area contributed by atoms with Crippen LogP contribution in [0.5, 0.6) is 0 Å². The lowest BCUT2D eigenvalue weighted by molar-refractivity contribution is -0.138. The van der Waals surface area contributed by atoms with Crippen LogP contribution in [0, 0.1) is 0 Å². The van der Waals surface area contributed by atoms with Crippen LogP contribution in [-0.4, -0.2) is 84.0 Å². The number of hydrogen-bond donors (Lipinski definition) is 2. The van der Waals surface area contributed by atoms with Gasteiger partial charge in [-0.1, -0.05) is 0 Å². The standard InChI is InChI=1S/C17H27N5O3/c1-20(2)17-18-14-6-4-3-5-13(14)16(19-17)22-8-7-21(11-15(24)25)9-12(23)10-22/h12,23H,3-11H2,1-2H3,(H,24,25)/t12-/m0/s1. The largest absolute Gasteiger partial charge is 0.480 e. The van der Waals surface area contributed by atoms with E-state index in [1.165, 1.54) is 5.56 Å². The van der Waals surface area contributed by atoms with Gasteiger partial charge in [0.15, 0.2) is 0 Å². The number of carboxylic acid groups (broad SMARTS) is 1. The molecule has 0 unspecified atom stereocenters. The third-order valence-electron chi connectivity index (χ3n) is 4.79. The molecule has 25 heavy (non-hydrogen) atoms. The molecular formula is C17H27N5O3. The Morgan fingerprint density at radius 1 is 1.20 bits per heavy atom. The lowest BCUT2D eigenvalue weighted by Gasteiger charge is -2.29. The van der Waals surface area contributed by atoms with Gasteiger partial charge in [-0.2, -0.15) is 4.98 Å². The van der Waals surface area contributed by atoms with Gasteiger partial charge in [-0.25, -0.2) is 4.98 Å². The highest BCUT2D eigenvalue weighted by Crippen LogP contribution is 2.30. The maximum absolute atomic E-state index is 11.0. The van der Waals surface area contributed by atoms with Crippen molar-refractivity contribution in [3.63, 3.8) is 0 Å². The van der Waals surface area contributed by atoms with E-state index in [2.05, 4.69) is 4.90 Å². The summed E-state index contributed by atoms with van der Waals surface area (Å²) in [4.78, 5) is 26.2. The highest BCUT2D eigenvalue weighted by atomic mass is 16.4. The summed E-state index contributed by atoms with van der Waals surface area (Å²) in [6.07, 6.45) is 3.60. The van der Waals surface area contributed by atoms with Gasteiger partial charge in [0.25, 0.3) is 0 Å². The van der Waals surface area contributed by atoms with E-state index in [1.807, 2.05) is 19.0 Å². The molecule has 0 aromatic carbocycles. The maximum atomic E-state index is 11.0. The number of fused-ring (bicyclic) bond motifs is 1. The van der Waals surface area contributed by atoms with Gasteiger partial charge < -0.3 is 20.0 Å². The molecule has 0 radical (unpaired) electrons. The molecule has 1 aliphatic heterocycles. The Kier molecular flexibility index (Phi) is 5.39. The molecule has 1 fully saturated rings. The van der Waals surface area contributed by atoms with E-state index in [0.29, 0.717) is 32.1 Å². The number of β-amino-alcohol motifs (C(OH)–C–C–N with tert-alkyl or cyclic N) is 1. The van der Waals surface area contributed by atoms with E-state index in [4.69, 9.17) is 15.1 Å². The first-order valence-electron chi connectivity index (χ1n) is 8.88. The molecule has 0 bridgehead atoms. The number of carboxylic acids is 1. The lowest BCUT2D eigenvalue weighted by Crippen LogP contribution is -2.36. The summed E-state index contributed by atoms with van der Waals surface area (Å²) in [5, 5.41) is 19.4.